The number of hydrogen-bond donors (Lipinski definition) is 1. The van der Waals surface area contributed by atoms with Crippen molar-refractivity contribution in [2.75, 3.05) is 26.2 Å². The zero-order valence-electron chi connectivity index (χ0n) is 27.4. The molecule has 0 bridgehead atoms. The Bertz CT molecular complexity index is 1900. The molecule has 4 aromatic rings. The van der Waals surface area contributed by atoms with Gasteiger partial charge >= 0.3 is 0 Å². The highest BCUT2D eigenvalue weighted by atomic mass is 35.5. The molecule has 0 unspecified atom stereocenters. The second-order valence-corrected chi connectivity index (χ2v) is 13.1. The first-order chi connectivity index (χ1) is 23.8. The normalized spacial score (nSPS) is 16.0. The average Bonchev–Trinajstić information content (AvgIpc) is 3.12. The third-order valence-electron chi connectivity index (χ3n) is 9.33. The predicted molar refractivity (Wildman–Crippen MR) is 189 cm³/mol. The summed E-state index contributed by atoms with van der Waals surface area (Å²) in [6.45, 7) is 6.35. The van der Waals surface area contributed by atoms with Gasteiger partial charge in [0.15, 0.2) is 11.2 Å². The largest absolute Gasteiger partial charge is 0.490 e. The van der Waals surface area contributed by atoms with E-state index in [-0.39, 0.29) is 47.5 Å². The highest BCUT2D eigenvalue weighted by molar-refractivity contribution is 6.30. The SMILES string of the molecule is C=CCOc1ccc2oc(C(=O)N[C@H](Cc3ccc(Cl)cc3)C(=O)N3CCC(c4ccccc4CN4CCCCC4=O)CC3)cc(=O)c2c1. The fourth-order valence-corrected chi connectivity index (χ4v) is 6.85. The van der Waals surface area contributed by atoms with Crippen LogP contribution in [0, 0.1) is 0 Å². The molecule has 3 heterocycles. The number of halogens is 1. The van der Waals surface area contributed by atoms with E-state index in [0.29, 0.717) is 36.8 Å². The van der Waals surface area contributed by atoms with Crippen LogP contribution in [0.1, 0.15) is 65.3 Å². The standard InChI is InChI=1S/C39H40ClN3O6/c1-2-21-48-30-14-15-35-32(23-30)34(44)24-36(49-35)38(46)41-33(22-26-10-12-29(40)13-11-26)39(47)42-19-16-27(17-20-42)31-8-4-3-7-28(31)25-43-18-6-5-9-37(43)45/h2-4,7-8,10-15,23-24,27,33H,1,5-6,9,16-22,25H2,(H,41,46)/t33-/m1/s1. The molecule has 3 amide bonds. The van der Waals surface area contributed by atoms with Crippen molar-refractivity contribution in [2.45, 2.75) is 57.0 Å². The molecule has 0 spiro atoms. The van der Waals surface area contributed by atoms with Crippen LogP contribution in [-0.4, -0.2) is 59.8 Å². The molecular weight excluding hydrogens is 642 g/mol. The lowest BCUT2D eigenvalue weighted by Gasteiger charge is -2.36. The molecule has 1 aromatic heterocycles. The maximum absolute atomic E-state index is 14.1. The molecule has 49 heavy (non-hydrogen) atoms. The summed E-state index contributed by atoms with van der Waals surface area (Å²) < 4.78 is 11.4. The smallest absolute Gasteiger partial charge is 0.287 e. The molecule has 9 nitrogen and oxygen atoms in total. The maximum atomic E-state index is 14.1. The lowest BCUT2D eigenvalue weighted by molar-refractivity contribution is -0.135. The van der Waals surface area contributed by atoms with Crippen molar-refractivity contribution in [3.8, 4) is 5.75 Å². The van der Waals surface area contributed by atoms with E-state index in [4.69, 9.17) is 20.8 Å². The van der Waals surface area contributed by atoms with Crippen LogP contribution >= 0.6 is 11.6 Å². The lowest BCUT2D eigenvalue weighted by atomic mass is 9.86. The number of amides is 3. The number of likely N-dealkylation sites (tertiary alicyclic amines) is 2. The van der Waals surface area contributed by atoms with Crippen molar-refractivity contribution in [1.29, 1.82) is 0 Å². The second kappa shape index (κ2) is 15.6. The highest BCUT2D eigenvalue weighted by Crippen LogP contribution is 2.32. The number of rotatable bonds is 11. The van der Waals surface area contributed by atoms with E-state index >= 15 is 0 Å². The van der Waals surface area contributed by atoms with Gasteiger partial charge in [-0.25, -0.2) is 0 Å². The van der Waals surface area contributed by atoms with Crippen LogP contribution in [0.25, 0.3) is 11.0 Å². The molecule has 0 saturated carbocycles. The van der Waals surface area contributed by atoms with Crippen molar-refractivity contribution in [1.82, 2.24) is 15.1 Å². The minimum atomic E-state index is -0.904. The molecular formula is C39H40ClN3O6. The van der Waals surface area contributed by atoms with E-state index < -0.39 is 17.4 Å². The zero-order valence-corrected chi connectivity index (χ0v) is 28.1. The minimum Gasteiger partial charge on any atom is -0.490 e. The quantitative estimate of drug-likeness (QED) is 0.187. The highest BCUT2D eigenvalue weighted by Gasteiger charge is 2.32. The van der Waals surface area contributed by atoms with E-state index in [9.17, 15) is 19.2 Å². The van der Waals surface area contributed by atoms with Crippen molar-refractivity contribution in [3.05, 3.63) is 123 Å². The number of nitrogens with zero attached hydrogens (tertiary/aromatic N) is 2. The van der Waals surface area contributed by atoms with Crippen molar-refractivity contribution >= 4 is 40.3 Å². The Kier molecular flexibility index (Phi) is 10.8. The van der Waals surface area contributed by atoms with Gasteiger partial charge in [0.2, 0.25) is 11.8 Å². The van der Waals surface area contributed by atoms with Crippen LogP contribution in [0.2, 0.25) is 5.02 Å². The summed E-state index contributed by atoms with van der Waals surface area (Å²) in [5.74, 6) is -0.112. The van der Waals surface area contributed by atoms with Gasteiger partial charge in [-0.2, -0.15) is 0 Å². The van der Waals surface area contributed by atoms with Crippen molar-refractivity contribution < 1.29 is 23.5 Å². The Labute approximate surface area is 290 Å². The Morgan fingerprint density at radius 3 is 2.53 bits per heavy atom. The van der Waals surface area contributed by atoms with Crippen LogP contribution in [-0.2, 0) is 22.6 Å². The van der Waals surface area contributed by atoms with E-state index in [1.165, 1.54) is 5.56 Å². The summed E-state index contributed by atoms with van der Waals surface area (Å²) in [6, 6.07) is 20.5. The number of fused-ring (bicyclic) bond motifs is 1. The molecule has 2 saturated heterocycles. The number of hydrogen-bond acceptors (Lipinski definition) is 6. The molecule has 6 rings (SSSR count). The van der Waals surface area contributed by atoms with Crippen molar-refractivity contribution in [2.24, 2.45) is 0 Å². The summed E-state index contributed by atoms with van der Waals surface area (Å²) in [4.78, 5) is 56.9. The molecule has 2 aliphatic rings. The van der Waals surface area contributed by atoms with Gasteiger partial charge in [-0.1, -0.05) is 60.7 Å². The predicted octanol–water partition coefficient (Wildman–Crippen LogP) is 6.27. The first-order valence-corrected chi connectivity index (χ1v) is 17.2. The van der Waals surface area contributed by atoms with E-state index in [1.807, 2.05) is 29.2 Å². The molecule has 0 aliphatic carbocycles. The monoisotopic (exact) mass is 681 g/mol. The van der Waals surface area contributed by atoms with Crippen LogP contribution < -0.4 is 15.5 Å². The third-order valence-corrected chi connectivity index (χ3v) is 9.58. The summed E-state index contributed by atoms with van der Waals surface area (Å²) in [5, 5.41) is 3.70. The maximum Gasteiger partial charge on any atom is 0.287 e. The number of piperidine rings is 2. The van der Waals surface area contributed by atoms with E-state index in [0.717, 1.165) is 49.4 Å². The van der Waals surface area contributed by atoms with Gasteiger partial charge in [-0.3, -0.25) is 19.2 Å². The van der Waals surface area contributed by atoms with Gasteiger partial charge in [0.05, 0.1) is 5.39 Å². The van der Waals surface area contributed by atoms with E-state index in [2.05, 4.69) is 24.0 Å². The van der Waals surface area contributed by atoms with Crippen LogP contribution in [0.5, 0.6) is 5.75 Å². The average molecular weight is 682 g/mol. The molecule has 1 N–H and O–H groups in total. The molecule has 1 atom stereocenters. The fraction of sp³-hybridized carbons (Fsp3) is 0.333. The number of nitrogens with one attached hydrogen (secondary N) is 1. The molecule has 3 aromatic carbocycles. The first kappa shape index (κ1) is 34.0. The Balaban J connectivity index is 1.17. The van der Waals surface area contributed by atoms with Gasteiger partial charge in [-0.15, -0.1) is 0 Å². The van der Waals surface area contributed by atoms with Gasteiger partial charge in [-0.05, 0) is 78.6 Å². The van der Waals surface area contributed by atoms with Gasteiger partial charge in [0.1, 0.15) is 24.0 Å². The van der Waals surface area contributed by atoms with Gasteiger partial charge in [0.25, 0.3) is 5.91 Å². The van der Waals surface area contributed by atoms with Crippen LogP contribution in [0.15, 0.2) is 94.7 Å². The molecule has 10 heteroatoms. The molecule has 2 aliphatic heterocycles. The van der Waals surface area contributed by atoms with E-state index in [1.54, 1.807) is 41.3 Å². The Hall–Kier alpha value is -4.89. The molecule has 2 fully saturated rings. The second-order valence-electron chi connectivity index (χ2n) is 12.7. The van der Waals surface area contributed by atoms with Crippen molar-refractivity contribution in [3.63, 3.8) is 0 Å². The zero-order chi connectivity index (χ0) is 34.3. The van der Waals surface area contributed by atoms with Crippen LogP contribution in [0.4, 0.5) is 0 Å². The summed E-state index contributed by atoms with van der Waals surface area (Å²) >= 11 is 6.11. The first-order valence-electron chi connectivity index (χ1n) is 16.8. The molecule has 0 radical (unpaired) electrons. The summed E-state index contributed by atoms with van der Waals surface area (Å²) in [7, 11) is 0. The third kappa shape index (κ3) is 8.23. The Morgan fingerprint density at radius 1 is 1.00 bits per heavy atom. The number of carbonyl (C=O) groups is 3. The topological polar surface area (TPSA) is 109 Å². The summed E-state index contributed by atoms with van der Waals surface area (Å²) in [6.07, 6.45) is 5.94. The summed E-state index contributed by atoms with van der Waals surface area (Å²) in [5.41, 5.74) is 3.04. The number of carbonyl (C=O) groups excluding carboxylic acids is 3. The van der Waals surface area contributed by atoms with Gasteiger partial charge in [0, 0.05) is 50.1 Å². The Morgan fingerprint density at radius 2 is 1.78 bits per heavy atom. The van der Waals surface area contributed by atoms with Crippen LogP contribution in [0.3, 0.4) is 0 Å². The lowest BCUT2D eigenvalue weighted by Crippen LogP contribution is -2.51. The number of benzene rings is 3. The number of ether oxygens (including phenoxy) is 1. The minimum absolute atomic E-state index is 0.186. The fourth-order valence-electron chi connectivity index (χ4n) is 6.72. The van der Waals surface area contributed by atoms with Gasteiger partial charge < -0.3 is 24.3 Å². The molecule has 254 valence electrons.